The number of rotatable bonds is 5. The number of hydrogen-bond acceptors (Lipinski definition) is 2. The Hall–Kier alpha value is -7.42. The highest BCUT2D eigenvalue weighted by atomic mass is 14.7. The highest BCUT2D eigenvalue weighted by molar-refractivity contribution is 6.17. The molecule has 2 aromatic heterocycles. The van der Waals surface area contributed by atoms with E-state index in [2.05, 4.69) is 188 Å². The Morgan fingerprint density at radius 2 is 0.741 bits per heavy atom. The first kappa shape index (κ1) is 32.8. The van der Waals surface area contributed by atoms with E-state index >= 15 is 0 Å². The fourth-order valence-electron chi connectivity index (χ4n) is 10.7. The topological polar surface area (TPSA) is 25.8 Å². The van der Waals surface area contributed by atoms with Crippen LogP contribution in [-0.2, 0) is 10.8 Å². The molecule has 2 heteroatoms. The molecule has 0 atom stereocenters. The maximum Gasteiger partial charge on any atom is 0.0728 e. The smallest absolute Gasteiger partial charge is 0.0728 e. The van der Waals surface area contributed by atoms with Crippen molar-refractivity contribution in [2.24, 2.45) is 0 Å². The summed E-state index contributed by atoms with van der Waals surface area (Å²) in [5, 5.41) is 0. The highest BCUT2D eigenvalue weighted by Crippen LogP contribution is 2.72. The molecule has 0 N–H and O–H groups in total. The molecule has 2 heterocycles. The lowest BCUT2D eigenvalue weighted by Gasteiger charge is -2.37. The zero-order valence-electron chi connectivity index (χ0n) is 31.7. The van der Waals surface area contributed by atoms with Gasteiger partial charge in [-0.1, -0.05) is 170 Å². The molecular formula is C56H36N2. The minimum Gasteiger partial charge on any atom is -0.256 e. The average molecular weight is 737 g/mol. The predicted octanol–water partition coefficient (Wildman–Crippen LogP) is 13.1. The van der Waals surface area contributed by atoms with E-state index in [4.69, 9.17) is 9.97 Å². The third kappa shape index (κ3) is 4.32. The van der Waals surface area contributed by atoms with Crippen molar-refractivity contribution in [2.75, 3.05) is 0 Å². The summed E-state index contributed by atoms with van der Waals surface area (Å²) in [5.74, 6) is 0. The molecule has 0 aliphatic heterocycles. The summed E-state index contributed by atoms with van der Waals surface area (Å²) in [6, 6.07) is 76.1. The summed E-state index contributed by atoms with van der Waals surface area (Å²) >= 11 is 0. The van der Waals surface area contributed by atoms with Crippen molar-refractivity contribution < 1.29 is 0 Å². The molecule has 58 heavy (non-hydrogen) atoms. The van der Waals surface area contributed by atoms with Crippen molar-refractivity contribution in [3.8, 4) is 44.8 Å². The van der Waals surface area contributed by atoms with Crippen molar-refractivity contribution in [1.29, 1.82) is 0 Å². The number of fused-ring (bicyclic) bond motifs is 11. The molecule has 0 saturated carbocycles. The Morgan fingerprint density at radius 1 is 0.276 bits per heavy atom. The Balaban J connectivity index is 1.21. The van der Waals surface area contributed by atoms with Crippen molar-refractivity contribution >= 4 is 11.1 Å². The average Bonchev–Trinajstić information content (AvgIpc) is 3.90. The summed E-state index contributed by atoms with van der Waals surface area (Å²) in [6.07, 6.45) is 3.74. The molecule has 7 aromatic carbocycles. The maximum atomic E-state index is 4.90. The lowest BCUT2D eigenvalue weighted by molar-refractivity contribution is 0.808. The summed E-state index contributed by atoms with van der Waals surface area (Å²) in [5.41, 5.74) is 21.0. The van der Waals surface area contributed by atoms with Crippen LogP contribution >= 0.6 is 0 Å². The van der Waals surface area contributed by atoms with Crippen LogP contribution in [0.15, 0.2) is 219 Å². The molecule has 0 bridgehead atoms. The SMILES string of the molecule is c1ccc(C2(c3ccccc3)C3=C(c4ccc(-c5ccc(-c6ccccn6)cc5-c5ccccn5)cc42)C2(c4ccccc43)c3ccccc3-c3ccccc32)cc1. The summed E-state index contributed by atoms with van der Waals surface area (Å²) in [6.45, 7) is 0. The third-order valence-electron chi connectivity index (χ3n) is 12.9. The Labute approximate surface area is 338 Å². The van der Waals surface area contributed by atoms with Crippen LogP contribution in [0.25, 0.3) is 55.9 Å². The Kier molecular flexibility index (Phi) is 7.09. The van der Waals surface area contributed by atoms with Gasteiger partial charge in [0.2, 0.25) is 0 Å². The fraction of sp³-hybridized carbons (Fsp3) is 0.0357. The molecule has 270 valence electrons. The van der Waals surface area contributed by atoms with Crippen LogP contribution in [0.5, 0.6) is 0 Å². The van der Waals surface area contributed by atoms with Gasteiger partial charge in [-0.3, -0.25) is 9.97 Å². The van der Waals surface area contributed by atoms with Crippen LogP contribution < -0.4 is 0 Å². The van der Waals surface area contributed by atoms with Gasteiger partial charge < -0.3 is 0 Å². The zero-order chi connectivity index (χ0) is 38.3. The van der Waals surface area contributed by atoms with Gasteiger partial charge in [0.1, 0.15) is 0 Å². The zero-order valence-corrected chi connectivity index (χ0v) is 31.7. The quantitative estimate of drug-likeness (QED) is 0.176. The lowest BCUT2D eigenvalue weighted by atomic mass is 9.64. The highest BCUT2D eigenvalue weighted by Gasteiger charge is 2.61. The molecule has 9 aromatic rings. The van der Waals surface area contributed by atoms with E-state index in [1.807, 2.05) is 30.6 Å². The van der Waals surface area contributed by atoms with Crippen LogP contribution in [0.4, 0.5) is 0 Å². The van der Waals surface area contributed by atoms with E-state index in [-0.39, 0.29) is 0 Å². The van der Waals surface area contributed by atoms with Crippen LogP contribution in [0, 0.1) is 0 Å². The van der Waals surface area contributed by atoms with E-state index in [1.54, 1.807) is 0 Å². The van der Waals surface area contributed by atoms with E-state index in [1.165, 1.54) is 66.8 Å². The molecule has 0 saturated heterocycles. The predicted molar refractivity (Wildman–Crippen MR) is 236 cm³/mol. The molecular weight excluding hydrogens is 701 g/mol. The van der Waals surface area contributed by atoms with Gasteiger partial charge in [0.05, 0.1) is 22.2 Å². The standard InChI is InChI=1S/C56H36N2/c1-3-17-39(18-4-1)55(40-19-5-2-6-20-40)50-36-37(41-31-30-38(51-27-13-15-33-57-51)35-46(41)52-28-14-16-34-58-52)29-32-45(50)54-53(55)44-23-9-12-26-49(44)56(54)47-24-10-7-21-42(47)43-22-8-11-25-48(43)56/h1-36H. The normalized spacial score (nSPS) is 14.8. The lowest BCUT2D eigenvalue weighted by Crippen LogP contribution is -2.30. The van der Waals surface area contributed by atoms with Gasteiger partial charge in [0.15, 0.2) is 0 Å². The minimum atomic E-state index is -0.617. The third-order valence-corrected chi connectivity index (χ3v) is 12.9. The Morgan fingerprint density at radius 3 is 1.34 bits per heavy atom. The minimum absolute atomic E-state index is 0.496. The van der Waals surface area contributed by atoms with E-state index in [0.717, 1.165) is 33.6 Å². The first-order chi connectivity index (χ1) is 28.8. The van der Waals surface area contributed by atoms with E-state index < -0.39 is 10.8 Å². The molecule has 0 fully saturated rings. The second-order valence-corrected chi connectivity index (χ2v) is 15.6. The fourth-order valence-corrected chi connectivity index (χ4v) is 10.7. The number of hydrogen-bond donors (Lipinski definition) is 0. The van der Waals surface area contributed by atoms with Gasteiger partial charge in [0, 0.05) is 23.5 Å². The number of nitrogens with zero attached hydrogens (tertiary/aromatic N) is 2. The number of allylic oxidation sites excluding steroid dienone is 2. The van der Waals surface area contributed by atoms with Crippen molar-refractivity contribution in [3.05, 3.63) is 263 Å². The van der Waals surface area contributed by atoms with E-state index in [0.29, 0.717) is 0 Å². The van der Waals surface area contributed by atoms with Crippen LogP contribution in [-0.4, -0.2) is 9.97 Å². The van der Waals surface area contributed by atoms with Gasteiger partial charge in [0.25, 0.3) is 0 Å². The van der Waals surface area contributed by atoms with Gasteiger partial charge in [-0.25, -0.2) is 0 Å². The number of benzene rings is 7. The molecule has 3 aliphatic rings. The van der Waals surface area contributed by atoms with Gasteiger partial charge in [-0.2, -0.15) is 0 Å². The molecule has 2 nitrogen and oxygen atoms in total. The molecule has 1 spiro atoms. The van der Waals surface area contributed by atoms with Crippen molar-refractivity contribution in [2.45, 2.75) is 10.8 Å². The van der Waals surface area contributed by atoms with Crippen LogP contribution in [0.3, 0.4) is 0 Å². The number of pyridine rings is 2. The maximum absolute atomic E-state index is 4.90. The molecule has 0 unspecified atom stereocenters. The first-order valence-corrected chi connectivity index (χ1v) is 20.1. The van der Waals surface area contributed by atoms with Crippen LogP contribution in [0.2, 0.25) is 0 Å². The molecule has 3 aliphatic carbocycles. The summed E-state index contributed by atoms with van der Waals surface area (Å²) in [7, 11) is 0. The second kappa shape index (κ2) is 12.5. The largest absolute Gasteiger partial charge is 0.256 e. The van der Waals surface area contributed by atoms with Crippen molar-refractivity contribution in [3.63, 3.8) is 0 Å². The molecule has 12 rings (SSSR count). The first-order valence-electron chi connectivity index (χ1n) is 20.1. The summed E-state index contributed by atoms with van der Waals surface area (Å²) < 4.78 is 0. The van der Waals surface area contributed by atoms with Gasteiger partial charge in [-0.05, 0) is 114 Å². The Bertz CT molecular complexity index is 3010. The summed E-state index contributed by atoms with van der Waals surface area (Å²) in [4.78, 5) is 9.61. The van der Waals surface area contributed by atoms with Crippen LogP contribution in [0.1, 0.15) is 44.5 Å². The second-order valence-electron chi connectivity index (χ2n) is 15.6. The van der Waals surface area contributed by atoms with Gasteiger partial charge in [-0.15, -0.1) is 0 Å². The van der Waals surface area contributed by atoms with Gasteiger partial charge >= 0.3 is 0 Å². The monoisotopic (exact) mass is 736 g/mol. The number of aromatic nitrogens is 2. The molecule has 0 radical (unpaired) electrons. The van der Waals surface area contributed by atoms with Crippen molar-refractivity contribution in [1.82, 2.24) is 9.97 Å². The van der Waals surface area contributed by atoms with E-state index in [9.17, 15) is 0 Å². The molecule has 0 amide bonds.